The fourth-order valence-electron chi connectivity index (χ4n) is 0.997. The third-order valence-corrected chi connectivity index (χ3v) is 1.74. The summed E-state index contributed by atoms with van der Waals surface area (Å²) in [6.07, 6.45) is 0. The summed E-state index contributed by atoms with van der Waals surface area (Å²) in [5.41, 5.74) is 10.4. The average Bonchev–Trinajstić information content (AvgIpc) is 2.21. The second-order valence-corrected chi connectivity index (χ2v) is 2.80. The Morgan fingerprint density at radius 3 is 2.13 bits per heavy atom. The Morgan fingerprint density at radius 1 is 1.13 bits per heavy atom. The molecule has 0 aromatic carbocycles. The number of nitroso groups, excluding NO2 is 1. The van der Waals surface area contributed by atoms with E-state index in [1.807, 2.05) is 0 Å². The molecule has 0 rings (SSSR count). The highest BCUT2D eigenvalue weighted by molar-refractivity contribution is 4.55. The van der Waals surface area contributed by atoms with E-state index in [9.17, 15) is 15.0 Å². The molecule has 0 heterocycles. The van der Waals surface area contributed by atoms with Gasteiger partial charge in [-0.2, -0.15) is 0 Å². The van der Waals surface area contributed by atoms with Gasteiger partial charge in [-0.15, -0.1) is 9.92 Å². The predicted octanol–water partition coefficient (Wildman–Crippen LogP) is -1.62. The normalized spacial score (nSPS) is 9.73. The van der Waals surface area contributed by atoms with Crippen molar-refractivity contribution < 1.29 is 5.03 Å². The van der Waals surface area contributed by atoms with Crippen LogP contribution in [0.25, 0.3) is 0 Å². The molecule has 0 unspecified atom stereocenters. The minimum atomic E-state index is -0.543. The SMILES string of the molecule is NCCN(CCN(CCN)[N+](=O)[O-])N=O. The van der Waals surface area contributed by atoms with Crippen molar-refractivity contribution in [3.8, 4) is 0 Å². The van der Waals surface area contributed by atoms with Crippen molar-refractivity contribution in [1.82, 2.24) is 10.0 Å². The van der Waals surface area contributed by atoms with Crippen molar-refractivity contribution in [3.63, 3.8) is 0 Å². The van der Waals surface area contributed by atoms with Crippen LogP contribution in [0, 0.1) is 15.0 Å². The van der Waals surface area contributed by atoms with Gasteiger partial charge in [-0.05, 0) is 0 Å². The van der Waals surface area contributed by atoms with Gasteiger partial charge in [-0.3, -0.25) is 5.01 Å². The monoisotopic (exact) mass is 220 g/mol. The molecule has 0 aliphatic carbocycles. The molecule has 0 aromatic rings. The summed E-state index contributed by atoms with van der Waals surface area (Å²) in [5, 5.41) is 14.7. The minimum absolute atomic E-state index is 0.0932. The first-order chi connectivity index (χ1) is 7.15. The second-order valence-electron chi connectivity index (χ2n) is 2.80. The lowest BCUT2D eigenvalue weighted by Gasteiger charge is -2.17. The quantitative estimate of drug-likeness (QED) is 0.271. The van der Waals surface area contributed by atoms with Gasteiger partial charge in [0.15, 0.2) is 5.03 Å². The largest absolute Gasteiger partial charge is 0.329 e. The van der Waals surface area contributed by atoms with Crippen LogP contribution in [0.3, 0.4) is 0 Å². The van der Waals surface area contributed by atoms with Crippen molar-refractivity contribution in [1.29, 1.82) is 0 Å². The summed E-state index contributed by atoms with van der Waals surface area (Å²) in [6.45, 7) is 1.16. The van der Waals surface area contributed by atoms with Gasteiger partial charge < -0.3 is 11.5 Å². The van der Waals surface area contributed by atoms with Crippen LogP contribution < -0.4 is 11.5 Å². The van der Waals surface area contributed by atoms with Gasteiger partial charge in [-0.1, -0.05) is 0 Å². The molecule has 0 atom stereocenters. The summed E-state index contributed by atoms with van der Waals surface area (Å²) in [4.78, 5) is 20.7. The molecule has 0 aliphatic heterocycles. The summed E-state index contributed by atoms with van der Waals surface area (Å²) in [6, 6.07) is 0. The number of hydrazine groups is 1. The zero-order valence-electron chi connectivity index (χ0n) is 8.41. The van der Waals surface area contributed by atoms with Crippen LogP contribution >= 0.6 is 0 Å². The number of rotatable bonds is 9. The number of hydrogen-bond acceptors (Lipinski definition) is 6. The molecule has 0 saturated heterocycles. The van der Waals surface area contributed by atoms with E-state index in [1.165, 1.54) is 0 Å². The molecule has 0 spiro atoms. The van der Waals surface area contributed by atoms with Gasteiger partial charge in [0, 0.05) is 13.1 Å². The standard InChI is InChI=1S/C6H16N6O3/c7-1-3-10(9-13)5-6-11(4-2-8)12(14)15/h1-8H2. The molecule has 15 heavy (non-hydrogen) atoms. The Bertz CT molecular complexity index is 201. The highest BCUT2D eigenvalue weighted by atomic mass is 16.7. The molecule has 0 amide bonds. The first kappa shape index (κ1) is 13.5. The summed E-state index contributed by atoms with van der Waals surface area (Å²) < 4.78 is 0. The van der Waals surface area contributed by atoms with E-state index in [0.717, 1.165) is 10.0 Å². The first-order valence-corrected chi connectivity index (χ1v) is 4.53. The van der Waals surface area contributed by atoms with Crippen LogP contribution in [0.2, 0.25) is 0 Å². The fourth-order valence-corrected chi connectivity index (χ4v) is 0.997. The van der Waals surface area contributed by atoms with Crippen LogP contribution in [-0.2, 0) is 0 Å². The minimum Gasteiger partial charge on any atom is -0.329 e. The third kappa shape index (κ3) is 5.75. The Morgan fingerprint density at radius 2 is 1.73 bits per heavy atom. The Labute approximate surface area is 87.1 Å². The van der Waals surface area contributed by atoms with Crippen LogP contribution in [-0.4, -0.2) is 54.3 Å². The Balaban J connectivity index is 3.95. The molecule has 4 N–H and O–H groups in total. The number of nitro groups is 1. The van der Waals surface area contributed by atoms with Crippen molar-refractivity contribution in [2.24, 2.45) is 16.8 Å². The van der Waals surface area contributed by atoms with E-state index in [-0.39, 0.29) is 39.3 Å². The van der Waals surface area contributed by atoms with E-state index in [2.05, 4.69) is 5.29 Å². The molecule has 0 bridgehead atoms. The van der Waals surface area contributed by atoms with Gasteiger partial charge >= 0.3 is 0 Å². The van der Waals surface area contributed by atoms with Crippen LogP contribution in [0.1, 0.15) is 0 Å². The van der Waals surface area contributed by atoms with Gasteiger partial charge in [0.2, 0.25) is 0 Å². The first-order valence-electron chi connectivity index (χ1n) is 4.53. The summed E-state index contributed by atoms with van der Waals surface area (Å²) in [5.74, 6) is 0. The summed E-state index contributed by atoms with van der Waals surface area (Å²) >= 11 is 0. The molecule has 0 saturated carbocycles. The van der Waals surface area contributed by atoms with E-state index in [0.29, 0.717) is 0 Å². The molecule has 0 aromatic heterocycles. The predicted molar refractivity (Wildman–Crippen MR) is 54.0 cm³/mol. The third-order valence-electron chi connectivity index (χ3n) is 1.74. The number of hydrogen-bond donors (Lipinski definition) is 2. The molecule has 0 fully saturated rings. The van der Waals surface area contributed by atoms with Gasteiger partial charge in [0.05, 0.1) is 31.5 Å². The molecule has 0 radical (unpaired) electrons. The van der Waals surface area contributed by atoms with Gasteiger partial charge in [0.25, 0.3) is 0 Å². The van der Waals surface area contributed by atoms with Crippen molar-refractivity contribution in [3.05, 3.63) is 15.0 Å². The van der Waals surface area contributed by atoms with E-state index < -0.39 is 5.03 Å². The number of nitrogens with two attached hydrogens (primary N) is 2. The topological polar surface area (TPSA) is 131 Å². The molecular formula is C6H16N6O3. The molecule has 0 aliphatic rings. The second kappa shape index (κ2) is 7.88. The lowest BCUT2D eigenvalue weighted by molar-refractivity contribution is -0.655. The molecular weight excluding hydrogens is 204 g/mol. The van der Waals surface area contributed by atoms with E-state index in [4.69, 9.17) is 11.5 Å². The maximum absolute atomic E-state index is 10.5. The highest BCUT2D eigenvalue weighted by Gasteiger charge is 2.14. The zero-order valence-corrected chi connectivity index (χ0v) is 8.41. The maximum Gasteiger partial charge on any atom is 0.160 e. The fraction of sp³-hybridized carbons (Fsp3) is 1.00. The van der Waals surface area contributed by atoms with E-state index >= 15 is 0 Å². The lowest BCUT2D eigenvalue weighted by atomic mass is 10.5. The van der Waals surface area contributed by atoms with Crippen LogP contribution in [0.4, 0.5) is 0 Å². The van der Waals surface area contributed by atoms with Crippen molar-refractivity contribution >= 4 is 0 Å². The average molecular weight is 220 g/mol. The van der Waals surface area contributed by atoms with Gasteiger partial charge in [-0.25, -0.2) is 10.1 Å². The summed E-state index contributed by atoms with van der Waals surface area (Å²) in [7, 11) is 0. The Kier molecular flexibility index (Phi) is 7.10. The highest BCUT2D eigenvalue weighted by Crippen LogP contribution is 1.92. The molecule has 9 heteroatoms. The smallest absolute Gasteiger partial charge is 0.160 e. The van der Waals surface area contributed by atoms with E-state index in [1.54, 1.807) is 0 Å². The van der Waals surface area contributed by atoms with Crippen molar-refractivity contribution in [2.75, 3.05) is 39.3 Å². The van der Waals surface area contributed by atoms with Gasteiger partial charge in [0.1, 0.15) is 0 Å². The molecule has 9 nitrogen and oxygen atoms in total. The molecule has 88 valence electrons. The van der Waals surface area contributed by atoms with Crippen LogP contribution in [0.5, 0.6) is 0 Å². The maximum atomic E-state index is 10.5. The Hall–Kier alpha value is -1.48. The lowest BCUT2D eigenvalue weighted by Crippen LogP contribution is -2.40. The van der Waals surface area contributed by atoms with Crippen molar-refractivity contribution in [2.45, 2.75) is 0 Å². The zero-order chi connectivity index (χ0) is 11.7. The van der Waals surface area contributed by atoms with Crippen LogP contribution in [0.15, 0.2) is 5.29 Å². The number of nitrogens with zero attached hydrogens (tertiary/aromatic N) is 4.